The van der Waals surface area contributed by atoms with Gasteiger partial charge in [0.05, 0.1) is 0 Å². The molecular formula is C14H21N5O2. The summed E-state index contributed by atoms with van der Waals surface area (Å²) in [5, 5.41) is 3.33. The topological polar surface area (TPSA) is 84.7 Å². The Hall–Kier alpha value is -1.89. The van der Waals surface area contributed by atoms with E-state index in [1.807, 2.05) is 18.5 Å². The Bertz CT molecular complexity index is 764. The molecule has 1 saturated heterocycles. The van der Waals surface area contributed by atoms with E-state index in [2.05, 4.69) is 15.3 Å². The standard InChI is InChI=1S/C14H21N5O2/c1-3-8-19-12-10(13(20)17-14(19)21)18(2)11(16-12)9-4-6-15-7-5-9/h9,15H,3-8H2,1-2H3,(H,17,20,21). The van der Waals surface area contributed by atoms with Gasteiger partial charge in [-0.05, 0) is 32.4 Å². The van der Waals surface area contributed by atoms with Gasteiger partial charge in [0.25, 0.3) is 5.56 Å². The highest BCUT2D eigenvalue weighted by atomic mass is 16.2. The summed E-state index contributed by atoms with van der Waals surface area (Å²) in [5.74, 6) is 1.25. The molecule has 7 nitrogen and oxygen atoms in total. The maximum Gasteiger partial charge on any atom is 0.330 e. The normalized spacial score (nSPS) is 16.7. The zero-order valence-electron chi connectivity index (χ0n) is 12.5. The van der Waals surface area contributed by atoms with E-state index in [0.717, 1.165) is 38.2 Å². The number of rotatable bonds is 3. The lowest BCUT2D eigenvalue weighted by molar-refractivity contribution is 0.438. The van der Waals surface area contributed by atoms with Crippen molar-refractivity contribution in [3.8, 4) is 0 Å². The van der Waals surface area contributed by atoms with E-state index >= 15 is 0 Å². The highest BCUT2D eigenvalue weighted by Gasteiger charge is 2.23. The predicted molar refractivity (Wildman–Crippen MR) is 80.7 cm³/mol. The quantitative estimate of drug-likeness (QED) is 0.852. The van der Waals surface area contributed by atoms with Crippen LogP contribution in [-0.2, 0) is 13.6 Å². The van der Waals surface area contributed by atoms with Crippen molar-refractivity contribution in [2.45, 2.75) is 38.6 Å². The van der Waals surface area contributed by atoms with Gasteiger partial charge in [0.2, 0.25) is 0 Å². The highest BCUT2D eigenvalue weighted by molar-refractivity contribution is 5.71. The average Bonchev–Trinajstić information content (AvgIpc) is 2.82. The SMILES string of the molecule is CCCn1c(=O)[nH]c(=O)c2c1nc(C1CCNCC1)n2C. The Morgan fingerprint density at radius 2 is 2.00 bits per heavy atom. The zero-order chi connectivity index (χ0) is 15.0. The third-order valence-corrected chi connectivity index (χ3v) is 4.20. The number of H-pyrrole nitrogens is 1. The van der Waals surface area contributed by atoms with Crippen molar-refractivity contribution in [3.05, 3.63) is 26.7 Å². The van der Waals surface area contributed by atoms with Gasteiger partial charge in [-0.2, -0.15) is 0 Å². The Morgan fingerprint density at radius 3 is 2.67 bits per heavy atom. The average molecular weight is 291 g/mol. The van der Waals surface area contributed by atoms with E-state index in [4.69, 9.17) is 0 Å². The summed E-state index contributed by atoms with van der Waals surface area (Å²) >= 11 is 0. The van der Waals surface area contributed by atoms with Gasteiger partial charge in [0.1, 0.15) is 5.82 Å². The van der Waals surface area contributed by atoms with Crippen molar-refractivity contribution in [1.82, 2.24) is 24.4 Å². The van der Waals surface area contributed by atoms with E-state index < -0.39 is 0 Å². The molecule has 114 valence electrons. The van der Waals surface area contributed by atoms with Crippen molar-refractivity contribution in [3.63, 3.8) is 0 Å². The number of hydrogen-bond donors (Lipinski definition) is 2. The minimum Gasteiger partial charge on any atom is -0.325 e. The Morgan fingerprint density at radius 1 is 1.29 bits per heavy atom. The molecule has 21 heavy (non-hydrogen) atoms. The molecule has 1 aliphatic heterocycles. The summed E-state index contributed by atoms with van der Waals surface area (Å²) < 4.78 is 3.43. The van der Waals surface area contributed by atoms with Crippen molar-refractivity contribution >= 4 is 11.2 Å². The molecule has 2 aromatic heterocycles. The molecule has 0 aromatic carbocycles. The fourth-order valence-corrected chi connectivity index (χ4v) is 3.14. The molecule has 3 heterocycles. The number of aromatic nitrogens is 4. The second-order valence-electron chi connectivity index (χ2n) is 5.64. The molecule has 0 aliphatic carbocycles. The first kappa shape index (κ1) is 14.1. The Labute approximate surface area is 122 Å². The summed E-state index contributed by atoms with van der Waals surface area (Å²) in [4.78, 5) is 31.2. The third-order valence-electron chi connectivity index (χ3n) is 4.20. The molecule has 0 spiro atoms. The monoisotopic (exact) mass is 291 g/mol. The maximum atomic E-state index is 12.1. The summed E-state index contributed by atoms with van der Waals surface area (Å²) in [6.45, 7) is 4.49. The molecule has 2 aromatic rings. The molecule has 7 heteroatoms. The van der Waals surface area contributed by atoms with Gasteiger partial charge in [0, 0.05) is 19.5 Å². The smallest absolute Gasteiger partial charge is 0.325 e. The molecule has 0 unspecified atom stereocenters. The minimum atomic E-state index is -0.371. The van der Waals surface area contributed by atoms with Gasteiger partial charge in [-0.1, -0.05) is 6.92 Å². The first-order chi connectivity index (χ1) is 10.1. The number of imidazole rings is 1. The minimum absolute atomic E-state index is 0.341. The van der Waals surface area contributed by atoms with Crippen LogP contribution in [0.25, 0.3) is 11.2 Å². The van der Waals surface area contributed by atoms with Crippen molar-refractivity contribution < 1.29 is 0 Å². The van der Waals surface area contributed by atoms with Crippen LogP contribution in [0.15, 0.2) is 9.59 Å². The van der Waals surface area contributed by atoms with Gasteiger partial charge in [-0.15, -0.1) is 0 Å². The molecule has 0 amide bonds. The van der Waals surface area contributed by atoms with Crippen LogP contribution < -0.4 is 16.6 Å². The fourth-order valence-electron chi connectivity index (χ4n) is 3.14. The van der Waals surface area contributed by atoms with Crippen LogP contribution in [0.5, 0.6) is 0 Å². The molecule has 0 radical (unpaired) electrons. The van der Waals surface area contributed by atoms with E-state index in [9.17, 15) is 9.59 Å². The molecule has 3 rings (SSSR count). The summed E-state index contributed by atoms with van der Waals surface area (Å²) in [6.07, 6.45) is 2.83. The molecular weight excluding hydrogens is 270 g/mol. The maximum absolute atomic E-state index is 12.1. The van der Waals surface area contributed by atoms with E-state index in [-0.39, 0.29) is 11.2 Å². The number of fused-ring (bicyclic) bond motifs is 1. The predicted octanol–water partition coefficient (Wildman–Crippen LogP) is 0.300. The lowest BCUT2D eigenvalue weighted by Gasteiger charge is -2.21. The zero-order valence-corrected chi connectivity index (χ0v) is 12.5. The second-order valence-corrected chi connectivity index (χ2v) is 5.64. The van der Waals surface area contributed by atoms with Crippen LogP contribution in [0.1, 0.15) is 37.9 Å². The van der Waals surface area contributed by atoms with Crippen LogP contribution in [0.4, 0.5) is 0 Å². The first-order valence-electron chi connectivity index (χ1n) is 7.53. The highest BCUT2D eigenvalue weighted by Crippen LogP contribution is 2.25. The van der Waals surface area contributed by atoms with E-state index in [1.54, 1.807) is 4.57 Å². The number of nitrogens with zero attached hydrogens (tertiary/aromatic N) is 3. The molecule has 1 fully saturated rings. The van der Waals surface area contributed by atoms with E-state index in [1.165, 1.54) is 0 Å². The van der Waals surface area contributed by atoms with Gasteiger partial charge < -0.3 is 9.88 Å². The summed E-state index contributed by atoms with van der Waals surface area (Å²) in [7, 11) is 1.86. The fraction of sp³-hybridized carbons (Fsp3) is 0.643. The number of aromatic amines is 1. The molecule has 1 aliphatic rings. The molecule has 0 atom stereocenters. The van der Waals surface area contributed by atoms with Crippen LogP contribution in [0, 0.1) is 0 Å². The number of aryl methyl sites for hydroxylation is 2. The van der Waals surface area contributed by atoms with Crippen molar-refractivity contribution in [2.24, 2.45) is 7.05 Å². The van der Waals surface area contributed by atoms with Crippen LogP contribution >= 0.6 is 0 Å². The summed E-state index contributed by atoms with van der Waals surface area (Å²) in [5.41, 5.74) is 0.292. The van der Waals surface area contributed by atoms with Gasteiger partial charge >= 0.3 is 5.69 Å². The first-order valence-corrected chi connectivity index (χ1v) is 7.53. The Balaban J connectivity index is 2.22. The largest absolute Gasteiger partial charge is 0.330 e. The summed E-state index contributed by atoms with van der Waals surface area (Å²) in [6, 6.07) is 0. The van der Waals surface area contributed by atoms with Crippen molar-refractivity contribution in [1.29, 1.82) is 0 Å². The Kier molecular flexibility index (Phi) is 3.67. The van der Waals surface area contributed by atoms with Crippen LogP contribution in [0.2, 0.25) is 0 Å². The third kappa shape index (κ3) is 2.31. The number of nitrogens with one attached hydrogen (secondary N) is 2. The molecule has 0 saturated carbocycles. The van der Waals surface area contributed by atoms with Gasteiger partial charge in [0.15, 0.2) is 11.2 Å². The molecule has 0 bridgehead atoms. The second kappa shape index (κ2) is 5.48. The van der Waals surface area contributed by atoms with Crippen molar-refractivity contribution in [2.75, 3.05) is 13.1 Å². The van der Waals surface area contributed by atoms with Crippen LogP contribution in [0.3, 0.4) is 0 Å². The lowest BCUT2D eigenvalue weighted by atomic mass is 9.97. The van der Waals surface area contributed by atoms with Gasteiger partial charge in [-0.3, -0.25) is 14.3 Å². The number of piperidine rings is 1. The van der Waals surface area contributed by atoms with Gasteiger partial charge in [-0.25, -0.2) is 9.78 Å². The van der Waals surface area contributed by atoms with E-state index in [0.29, 0.717) is 23.6 Å². The number of hydrogen-bond acceptors (Lipinski definition) is 4. The molecule has 2 N–H and O–H groups in total. The lowest BCUT2D eigenvalue weighted by Crippen LogP contribution is -2.31. The van der Waals surface area contributed by atoms with Crippen LogP contribution in [-0.4, -0.2) is 32.2 Å².